The number of nitrogens with zero attached hydrogens (tertiary/aromatic N) is 3. The number of rotatable bonds is 4. The van der Waals surface area contributed by atoms with Crippen molar-refractivity contribution in [2.45, 2.75) is 33.4 Å². The van der Waals surface area contributed by atoms with Crippen molar-refractivity contribution in [3.63, 3.8) is 0 Å². The van der Waals surface area contributed by atoms with E-state index < -0.39 is 0 Å². The Kier molecular flexibility index (Phi) is 3.54. The summed E-state index contributed by atoms with van der Waals surface area (Å²) >= 11 is 0. The number of aromatic nitrogens is 3. The third kappa shape index (κ3) is 2.36. The second-order valence-corrected chi connectivity index (χ2v) is 4.12. The summed E-state index contributed by atoms with van der Waals surface area (Å²) in [5.41, 5.74) is 7.81. The molecule has 0 aliphatic rings. The average molecular weight is 230 g/mol. The third-order valence-electron chi connectivity index (χ3n) is 2.83. The van der Waals surface area contributed by atoms with E-state index in [1.165, 1.54) is 0 Å². The van der Waals surface area contributed by atoms with Crippen LogP contribution in [-0.4, -0.2) is 14.8 Å². The normalized spacial score (nSPS) is 10.8. The molecule has 0 spiro atoms. The fourth-order valence-electron chi connectivity index (χ4n) is 1.88. The smallest absolute Gasteiger partial charge is 0.163 e. The highest BCUT2D eigenvalue weighted by atomic mass is 15.3. The average Bonchev–Trinajstić information content (AvgIpc) is 2.72. The lowest BCUT2D eigenvalue weighted by Gasteiger charge is -2.07. The Morgan fingerprint density at radius 3 is 2.47 bits per heavy atom. The highest BCUT2D eigenvalue weighted by molar-refractivity contribution is 5.55. The van der Waals surface area contributed by atoms with Gasteiger partial charge in [0.25, 0.3) is 0 Å². The van der Waals surface area contributed by atoms with E-state index in [2.05, 4.69) is 33.8 Å². The van der Waals surface area contributed by atoms with E-state index in [0.29, 0.717) is 6.54 Å². The Bertz CT molecular complexity index is 485. The van der Waals surface area contributed by atoms with Crippen molar-refractivity contribution in [3.8, 4) is 11.4 Å². The zero-order valence-corrected chi connectivity index (χ0v) is 10.3. The van der Waals surface area contributed by atoms with Gasteiger partial charge in [-0.3, -0.25) is 0 Å². The molecule has 0 bridgehead atoms. The summed E-state index contributed by atoms with van der Waals surface area (Å²) in [5, 5.41) is 8.38. The molecule has 0 saturated heterocycles. The Morgan fingerprint density at radius 2 is 1.88 bits per heavy atom. The number of benzene rings is 1. The molecular weight excluding hydrogens is 212 g/mol. The molecule has 1 heterocycles. The van der Waals surface area contributed by atoms with Crippen LogP contribution in [0.1, 0.15) is 24.7 Å². The fourth-order valence-corrected chi connectivity index (χ4v) is 1.88. The molecule has 0 radical (unpaired) electrons. The van der Waals surface area contributed by atoms with Crippen LogP contribution in [0.4, 0.5) is 0 Å². The van der Waals surface area contributed by atoms with Gasteiger partial charge in [0.05, 0.1) is 0 Å². The van der Waals surface area contributed by atoms with Gasteiger partial charge < -0.3 is 10.3 Å². The summed E-state index contributed by atoms with van der Waals surface area (Å²) in [6.07, 6.45) is 1.08. The van der Waals surface area contributed by atoms with Gasteiger partial charge in [0.2, 0.25) is 0 Å². The van der Waals surface area contributed by atoms with E-state index >= 15 is 0 Å². The first-order valence-corrected chi connectivity index (χ1v) is 5.95. The second kappa shape index (κ2) is 5.10. The van der Waals surface area contributed by atoms with Crippen LogP contribution < -0.4 is 5.73 Å². The molecule has 4 nitrogen and oxygen atoms in total. The van der Waals surface area contributed by atoms with Crippen molar-refractivity contribution in [2.75, 3.05) is 0 Å². The van der Waals surface area contributed by atoms with Gasteiger partial charge in [-0.25, -0.2) is 0 Å². The van der Waals surface area contributed by atoms with Crippen LogP contribution in [0.5, 0.6) is 0 Å². The summed E-state index contributed by atoms with van der Waals surface area (Å²) in [6.45, 7) is 5.66. The van der Waals surface area contributed by atoms with Crippen molar-refractivity contribution in [2.24, 2.45) is 5.73 Å². The van der Waals surface area contributed by atoms with Gasteiger partial charge in [0.1, 0.15) is 5.82 Å². The van der Waals surface area contributed by atoms with Crippen molar-refractivity contribution in [1.29, 1.82) is 0 Å². The van der Waals surface area contributed by atoms with Gasteiger partial charge in [-0.15, -0.1) is 10.2 Å². The van der Waals surface area contributed by atoms with Crippen molar-refractivity contribution < 1.29 is 0 Å². The lowest BCUT2D eigenvalue weighted by atomic mass is 10.1. The van der Waals surface area contributed by atoms with E-state index in [9.17, 15) is 0 Å². The van der Waals surface area contributed by atoms with Gasteiger partial charge in [-0.2, -0.15) is 0 Å². The molecule has 0 fully saturated rings. The maximum Gasteiger partial charge on any atom is 0.163 e. The zero-order valence-electron chi connectivity index (χ0n) is 10.3. The Balaban J connectivity index is 2.38. The highest BCUT2D eigenvalue weighted by Crippen LogP contribution is 2.19. The van der Waals surface area contributed by atoms with Crippen LogP contribution in [0.2, 0.25) is 0 Å². The predicted octanol–water partition coefficient (Wildman–Crippen LogP) is 2.12. The molecule has 1 aromatic carbocycles. The van der Waals surface area contributed by atoms with E-state index in [4.69, 9.17) is 5.73 Å². The zero-order chi connectivity index (χ0) is 12.3. The molecule has 0 atom stereocenters. The SMILES string of the molecule is CCCn1c(C)nnc1-c1ccc(CN)cc1. The third-order valence-corrected chi connectivity index (χ3v) is 2.83. The number of nitrogens with two attached hydrogens (primary N) is 1. The fraction of sp³-hybridized carbons (Fsp3) is 0.385. The monoisotopic (exact) mass is 230 g/mol. The van der Waals surface area contributed by atoms with Gasteiger partial charge in [-0.1, -0.05) is 31.2 Å². The van der Waals surface area contributed by atoms with Crippen LogP contribution in [0, 0.1) is 6.92 Å². The lowest BCUT2D eigenvalue weighted by Crippen LogP contribution is -2.02. The molecule has 2 aromatic rings. The Hall–Kier alpha value is -1.68. The number of aryl methyl sites for hydroxylation is 1. The lowest BCUT2D eigenvalue weighted by molar-refractivity contribution is 0.663. The molecule has 2 rings (SSSR count). The first-order valence-electron chi connectivity index (χ1n) is 5.95. The molecule has 0 amide bonds. The van der Waals surface area contributed by atoms with Crippen LogP contribution in [0.15, 0.2) is 24.3 Å². The molecule has 17 heavy (non-hydrogen) atoms. The minimum absolute atomic E-state index is 0.570. The first-order chi connectivity index (χ1) is 8.26. The van der Waals surface area contributed by atoms with Crippen molar-refractivity contribution in [3.05, 3.63) is 35.7 Å². The van der Waals surface area contributed by atoms with Crippen LogP contribution in [0.25, 0.3) is 11.4 Å². The van der Waals surface area contributed by atoms with Gasteiger partial charge in [0, 0.05) is 18.7 Å². The number of hydrogen-bond donors (Lipinski definition) is 1. The summed E-state index contributed by atoms with van der Waals surface area (Å²) in [4.78, 5) is 0. The Morgan fingerprint density at radius 1 is 1.18 bits per heavy atom. The molecule has 0 saturated carbocycles. The highest BCUT2D eigenvalue weighted by Gasteiger charge is 2.09. The van der Waals surface area contributed by atoms with Crippen LogP contribution >= 0.6 is 0 Å². The predicted molar refractivity (Wildman–Crippen MR) is 68.4 cm³/mol. The maximum atomic E-state index is 5.59. The summed E-state index contributed by atoms with van der Waals surface area (Å²) in [7, 11) is 0. The topological polar surface area (TPSA) is 56.7 Å². The van der Waals surface area contributed by atoms with E-state index in [0.717, 1.165) is 35.7 Å². The van der Waals surface area contributed by atoms with Gasteiger partial charge >= 0.3 is 0 Å². The summed E-state index contributed by atoms with van der Waals surface area (Å²) in [5.74, 6) is 1.90. The van der Waals surface area contributed by atoms with Gasteiger partial charge in [0.15, 0.2) is 5.82 Å². The minimum atomic E-state index is 0.570. The molecule has 4 heteroatoms. The second-order valence-electron chi connectivity index (χ2n) is 4.12. The van der Waals surface area contributed by atoms with E-state index in [-0.39, 0.29) is 0 Å². The van der Waals surface area contributed by atoms with E-state index in [1.807, 2.05) is 19.1 Å². The Labute approximate surface area is 101 Å². The molecule has 0 aliphatic carbocycles. The molecule has 90 valence electrons. The summed E-state index contributed by atoms with van der Waals surface area (Å²) in [6, 6.07) is 8.18. The number of hydrogen-bond acceptors (Lipinski definition) is 3. The summed E-state index contributed by atoms with van der Waals surface area (Å²) < 4.78 is 2.15. The standard InChI is InChI=1S/C13H18N4/c1-3-8-17-10(2)15-16-13(17)12-6-4-11(9-14)5-7-12/h4-7H,3,8-9,14H2,1-2H3. The maximum absolute atomic E-state index is 5.59. The van der Waals surface area contributed by atoms with Crippen molar-refractivity contribution >= 4 is 0 Å². The van der Waals surface area contributed by atoms with Crippen molar-refractivity contribution in [1.82, 2.24) is 14.8 Å². The van der Waals surface area contributed by atoms with Crippen LogP contribution in [0.3, 0.4) is 0 Å². The largest absolute Gasteiger partial charge is 0.326 e. The van der Waals surface area contributed by atoms with Crippen LogP contribution in [-0.2, 0) is 13.1 Å². The molecule has 2 N–H and O–H groups in total. The molecular formula is C13H18N4. The molecule has 0 unspecified atom stereocenters. The van der Waals surface area contributed by atoms with E-state index in [1.54, 1.807) is 0 Å². The minimum Gasteiger partial charge on any atom is -0.326 e. The van der Waals surface area contributed by atoms with Gasteiger partial charge in [-0.05, 0) is 18.9 Å². The first kappa shape index (κ1) is 11.8. The molecule has 0 aliphatic heterocycles. The quantitative estimate of drug-likeness (QED) is 0.875. The molecule has 1 aromatic heterocycles.